The maximum Gasteiger partial charge on any atom is 0.225 e. The fraction of sp³-hybridized carbons (Fsp3) is 0.500. The Morgan fingerprint density at radius 3 is 2.64 bits per heavy atom. The Bertz CT molecular complexity index is 273. The first kappa shape index (κ1) is 10.1. The maximum absolute atomic E-state index is 10.8. The summed E-state index contributed by atoms with van der Waals surface area (Å²) >= 11 is 0. The molecule has 0 aliphatic carbocycles. The Morgan fingerprint density at radius 1 is 1.73 bits per heavy atom. The molecule has 0 aromatic rings. The highest BCUT2D eigenvalue weighted by molar-refractivity contribution is 7.89. The van der Waals surface area contributed by atoms with Gasteiger partial charge in [-0.3, -0.25) is 0 Å². The lowest BCUT2D eigenvalue weighted by Crippen LogP contribution is -2.27. The number of nitrogens with one attached hydrogen (secondary N) is 1. The summed E-state index contributed by atoms with van der Waals surface area (Å²) in [5.74, 6) is -0.500. The van der Waals surface area contributed by atoms with Crippen LogP contribution in [0.1, 0.15) is 6.92 Å². The molecule has 0 radical (unpaired) electrons. The van der Waals surface area contributed by atoms with E-state index in [9.17, 15) is 8.42 Å². The summed E-state index contributed by atoms with van der Waals surface area (Å²) in [5.41, 5.74) is 0.714. The molecule has 0 fully saturated rings. The van der Waals surface area contributed by atoms with E-state index in [0.29, 0.717) is 5.57 Å². The maximum atomic E-state index is 10.8. The van der Waals surface area contributed by atoms with Gasteiger partial charge in [-0.1, -0.05) is 12.2 Å². The SMILES string of the molecule is C=C(C)CNS(=O)(=O)CC#N. The number of hydrogen-bond donors (Lipinski definition) is 1. The quantitative estimate of drug-likeness (QED) is 0.610. The molecular formula is C6H10N2O2S. The van der Waals surface area contributed by atoms with Crippen LogP contribution in [0.2, 0.25) is 0 Å². The van der Waals surface area contributed by atoms with Crippen LogP contribution in [0.25, 0.3) is 0 Å². The van der Waals surface area contributed by atoms with Gasteiger partial charge in [0.05, 0.1) is 6.07 Å². The van der Waals surface area contributed by atoms with Crippen molar-refractivity contribution in [2.24, 2.45) is 0 Å². The van der Waals surface area contributed by atoms with Gasteiger partial charge in [-0.15, -0.1) is 0 Å². The van der Waals surface area contributed by atoms with Crippen LogP contribution < -0.4 is 4.72 Å². The second-order valence-corrected chi connectivity index (χ2v) is 4.00. The van der Waals surface area contributed by atoms with E-state index in [4.69, 9.17) is 5.26 Å². The molecular weight excluding hydrogens is 164 g/mol. The summed E-state index contributed by atoms with van der Waals surface area (Å²) in [6.45, 7) is 5.41. The van der Waals surface area contributed by atoms with Crippen LogP contribution in [0.3, 0.4) is 0 Å². The summed E-state index contributed by atoms with van der Waals surface area (Å²) in [6, 6.07) is 1.55. The Labute approximate surface area is 66.6 Å². The van der Waals surface area contributed by atoms with E-state index in [-0.39, 0.29) is 6.54 Å². The third-order valence-corrected chi connectivity index (χ3v) is 1.94. The van der Waals surface area contributed by atoms with Crippen LogP contribution in [0.15, 0.2) is 12.2 Å². The highest BCUT2D eigenvalue weighted by Crippen LogP contribution is 1.86. The van der Waals surface area contributed by atoms with Crippen LogP contribution in [0.4, 0.5) is 0 Å². The van der Waals surface area contributed by atoms with Crippen molar-refractivity contribution in [1.29, 1.82) is 5.26 Å². The fourth-order valence-electron chi connectivity index (χ4n) is 0.369. The minimum atomic E-state index is -3.40. The van der Waals surface area contributed by atoms with E-state index in [1.165, 1.54) is 0 Å². The molecule has 1 N–H and O–H groups in total. The number of rotatable bonds is 4. The highest BCUT2D eigenvalue weighted by atomic mass is 32.2. The number of nitriles is 1. The van der Waals surface area contributed by atoms with Crippen LogP contribution in [-0.2, 0) is 10.0 Å². The van der Waals surface area contributed by atoms with Gasteiger partial charge in [-0.25, -0.2) is 13.1 Å². The summed E-state index contributed by atoms with van der Waals surface area (Å²) < 4.78 is 23.7. The van der Waals surface area contributed by atoms with Crippen LogP contribution in [0, 0.1) is 11.3 Å². The highest BCUT2D eigenvalue weighted by Gasteiger charge is 2.06. The molecule has 0 heterocycles. The summed E-state index contributed by atoms with van der Waals surface area (Å²) in [4.78, 5) is 0. The molecule has 0 spiro atoms. The molecule has 0 bridgehead atoms. The third kappa shape index (κ3) is 5.58. The zero-order chi connectivity index (χ0) is 8.91. The second kappa shape index (κ2) is 4.11. The van der Waals surface area contributed by atoms with E-state index in [1.54, 1.807) is 13.0 Å². The number of sulfonamides is 1. The predicted molar refractivity (Wildman–Crippen MR) is 42.2 cm³/mol. The Morgan fingerprint density at radius 2 is 2.27 bits per heavy atom. The first-order valence-corrected chi connectivity index (χ1v) is 4.62. The van der Waals surface area contributed by atoms with Gasteiger partial charge in [0.15, 0.2) is 5.75 Å². The lowest BCUT2D eigenvalue weighted by atomic mass is 10.4. The Kier molecular flexibility index (Phi) is 3.79. The summed E-state index contributed by atoms with van der Waals surface area (Å²) in [6.07, 6.45) is 0. The van der Waals surface area contributed by atoms with Crippen molar-refractivity contribution in [1.82, 2.24) is 4.72 Å². The van der Waals surface area contributed by atoms with Crippen molar-refractivity contribution in [2.45, 2.75) is 6.92 Å². The van der Waals surface area contributed by atoms with Crippen LogP contribution in [-0.4, -0.2) is 20.7 Å². The van der Waals surface area contributed by atoms with Gasteiger partial charge in [0.2, 0.25) is 10.0 Å². The molecule has 0 amide bonds. The van der Waals surface area contributed by atoms with Gasteiger partial charge in [0.1, 0.15) is 0 Å². The molecule has 4 nitrogen and oxygen atoms in total. The number of hydrogen-bond acceptors (Lipinski definition) is 3. The average Bonchev–Trinajstić information content (AvgIpc) is 1.84. The van der Waals surface area contributed by atoms with Crippen molar-refractivity contribution in [3.8, 4) is 6.07 Å². The van der Waals surface area contributed by atoms with Gasteiger partial charge in [-0.2, -0.15) is 5.26 Å². The van der Waals surface area contributed by atoms with Crippen LogP contribution >= 0.6 is 0 Å². The van der Waals surface area contributed by atoms with Gasteiger partial charge in [0.25, 0.3) is 0 Å². The standard InChI is InChI=1S/C6H10N2O2S/c1-6(2)5-8-11(9,10)4-3-7/h8H,1,4-5H2,2H3. The molecule has 0 saturated carbocycles. The molecule has 11 heavy (non-hydrogen) atoms. The predicted octanol–water partition coefficient (Wildman–Crippen LogP) is 0.00548. The van der Waals surface area contributed by atoms with Crippen molar-refractivity contribution >= 4 is 10.0 Å². The van der Waals surface area contributed by atoms with Crippen molar-refractivity contribution in [3.63, 3.8) is 0 Å². The van der Waals surface area contributed by atoms with E-state index in [1.807, 2.05) is 0 Å². The fourth-order valence-corrected chi connectivity index (χ4v) is 1.11. The molecule has 62 valence electrons. The minimum absolute atomic E-state index is 0.198. The zero-order valence-electron chi connectivity index (χ0n) is 6.29. The van der Waals surface area contributed by atoms with E-state index in [2.05, 4.69) is 11.3 Å². The van der Waals surface area contributed by atoms with E-state index < -0.39 is 15.8 Å². The summed E-state index contributed by atoms with van der Waals surface area (Å²) in [7, 11) is -3.40. The lowest BCUT2D eigenvalue weighted by molar-refractivity contribution is 0.588. The smallest absolute Gasteiger partial charge is 0.211 e. The van der Waals surface area contributed by atoms with Gasteiger partial charge < -0.3 is 0 Å². The molecule has 0 aliphatic rings. The van der Waals surface area contributed by atoms with Gasteiger partial charge in [-0.05, 0) is 6.92 Å². The van der Waals surface area contributed by atoms with Crippen molar-refractivity contribution in [2.75, 3.05) is 12.3 Å². The molecule has 0 aliphatic heterocycles. The zero-order valence-corrected chi connectivity index (χ0v) is 7.11. The second-order valence-electron chi connectivity index (χ2n) is 2.20. The molecule has 0 aromatic carbocycles. The van der Waals surface area contributed by atoms with Crippen molar-refractivity contribution in [3.05, 3.63) is 12.2 Å². The van der Waals surface area contributed by atoms with E-state index >= 15 is 0 Å². The van der Waals surface area contributed by atoms with Gasteiger partial charge in [0, 0.05) is 6.54 Å². The molecule has 5 heteroatoms. The Hall–Kier alpha value is -0.860. The van der Waals surface area contributed by atoms with Crippen LogP contribution in [0.5, 0.6) is 0 Å². The molecule has 0 saturated heterocycles. The monoisotopic (exact) mass is 174 g/mol. The van der Waals surface area contributed by atoms with E-state index in [0.717, 1.165) is 0 Å². The average molecular weight is 174 g/mol. The lowest BCUT2D eigenvalue weighted by Gasteiger charge is -2.00. The first-order chi connectivity index (χ1) is 4.98. The summed E-state index contributed by atoms with van der Waals surface area (Å²) in [5, 5.41) is 8.08. The van der Waals surface area contributed by atoms with Crippen molar-refractivity contribution < 1.29 is 8.42 Å². The molecule has 0 aromatic heterocycles. The molecule has 0 rings (SSSR count). The first-order valence-electron chi connectivity index (χ1n) is 2.96. The topological polar surface area (TPSA) is 70.0 Å². The third-order valence-electron chi connectivity index (χ3n) is 0.848. The molecule has 0 unspecified atom stereocenters. The largest absolute Gasteiger partial charge is 0.225 e. The van der Waals surface area contributed by atoms with Gasteiger partial charge >= 0.3 is 0 Å². The number of nitrogens with zero attached hydrogens (tertiary/aromatic N) is 1. The molecule has 0 atom stereocenters. The Balaban J connectivity index is 3.96. The minimum Gasteiger partial charge on any atom is -0.211 e. The normalized spacial score (nSPS) is 10.5.